The number of amides is 1. The Morgan fingerprint density at radius 2 is 1.79 bits per heavy atom. The molecule has 1 N–H and O–H groups in total. The monoisotopic (exact) mass is 409 g/mol. The van der Waals surface area contributed by atoms with E-state index in [0.29, 0.717) is 17.3 Å². The van der Waals surface area contributed by atoms with Gasteiger partial charge in [-0.3, -0.25) is 4.79 Å². The molecule has 2 heterocycles. The maximum Gasteiger partial charge on any atom is 0.235 e. The van der Waals surface area contributed by atoms with Crippen LogP contribution in [0.1, 0.15) is 27.6 Å². The largest absolute Gasteiger partial charge is 0.493 e. The summed E-state index contributed by atoms with van der Waals surface area (Å²) in [5, 5.41) is 7.76. The van der Waals surface area contributed by atoms with Gasteiger partial charge in [0.1, 0.15) is 5.82 Å². The highest BCUT2D eigenvalue weighted by Gasteiger charge is 2.31. The van der Waals surface area contributed by atoms with Crippen molar-refractivity contribution in [3.63, 3.8) is 0 Å². The van der Waals surface area contributed by atoms with Crippen molar-refractivity contribution in [3.05, 3.63) is 64.8 Å². The Morgan fingerprint density at radius 1 is 1.07 bits per heavy atom. The molecule has 1 aliphatic rings. The lowest BCUT2D eigenvalue weighted by molar-refractivity contribution is -0.113. The molecule has 4 rings (SSSR count). The molecule has 3 aromatic rings. The number of ether oxygens (including phenoxy) is 2. The number of nitrogens with zero attached hydrogens (tertiary/aromatic N) is 2. The number of rotatable bonds is 4. The van der Waals surface area contributed by atoms with E-state index in [1.165, 1.54) is 5.56 Å². The Morgan fingerprint density at radius 3 is 2.48 bits per heavy atom. The predicted octanol–water partition coefficient (Wildman–Crippen LogP) is 4.28. The second kappa shape index (κ2) is 7.83. The molecule has 6 nitrogen and oxygen atoms in total. The maximum absolute atomic E-state index is 12.5. The number of hydrogen-bond donors (Lipinski definition) is 1. The number of anilines is 1. The lowest BCUT2D eigenvalue weighted by Gasteiger charge is -2.17. The number of nitrogens with one attached hydrogen (secondary N) is 1. The highest BCUT2D eigenvalue weighted by Crippen LogP contribution is 2.45. The standard InChI is InChI=1S/C22H23N3O3S/c1-13-5-8-16(9-6-13)25-22-20(14(2)24-25)21(29-12-19(26)23-22)15-7-10-17(27-3)18(11-15)28-4/h5-11,21H,12H2,1-4H3,(H,23,26)/t21-/m0/s1. The van der Waals surface area contributed by atoms with Crippen LogP contribution >= 0.6 is 11.8 Å². The van der Waals surface area contributed by atoms with Gasteiger partial charge in [0.25, 0.3) is 0 Å². The van der Waals surface area contributed by atoms with Crippen molar-refractivity contribution in [2.75, 3.05) is 25.3 Å². The Balaban J connectivity index is 1.86. The van der Waals surface area contributed by atoms with E-state index in [0.717, 1.165) is 28.3 Å². The lowest BCUT2D eigenvalue weighted by Crippen LogP contribution is -2.15. The van der Waals surface area contributed by atoms with Crippen molar-refractivity contribution in [2.24, 2.45) is 0 Å². The van der Waals surface area contributed by atoms with Crippen LogP contribution in [-0.2, 0) is 4.79 Å². The van der Waals surface area contributed by atoms with Gasteiger partial charge in [-0.1, -0.05) is 23.8 Å². The second-order valence-corrected chi connectivity index (χ2v) is 8.04. The van der Waals surface area contributed by atoms with Crippen LogP contribution < -0.4 is 14.8 Å². The number of carbonyl (C=O) groups is 1. The first-order chi connectivity index (χ1) is 14.0. The lowest BCUT2D eigenvalue weighted by atomic mass is 10.0. The van der Waals surface area contributed by atoms with Crippen LogP contribution in [0.5, 0.6) is 11.5 Å². The molecule has 0 saturated carbocycles. The van der Waals surface area contributed by atoms with Gasteiger partial charge in [-0.25, -0.2) is 4.68 Å². The number of thioether (sulfide) groups is 1. The van der Waals surface area contributed by atoms with Crippen LogP contribution in [0, 0.1) is 13.8 Å². The summed E-state index contributed by atoms with van der Waals surface area (Å²) in [7, 11) is 3.24. The van der Waals surface area contributed by atoms with Gasteiger partial charge in [0.05, 0.1) is 36.6 Å². The first-order valence-electron chi connectivity index (χ1n) is 9.31. The molecular formula is C22H23N3O3S. The van der Waals surface area contributed by atoms with Gasteiger partial charge in [0, 0.05) is 5.56 Å². The van der Waals surface area contributed by atoms with Crippen LogP contribution in [-0.4, -0.2) is 35.7 Å². The predicted molar refractivity (Wildman–Crippen MR) is 116 cm³/mol. The summed E-state index contributed by atoms with van der Waals surface area (Å²) in [5.74, 6) is 2.39. The molecular weight excluding hydrogens is 386 g/mol. The third kappa shape index (κ3) is 3.58. The number of benzene rings is 2. The number of fused-ring (bicyclic) bond motifs is 1. The first kappa shape index (κ1) is 19.4. The zero-order chi connectivity index (χ0) is 20.5. The summed E-state index contributed by atoms with van der Waals surface area (Å²) in [6.07, 6.45) is 0. The summed E-state index contributed by atoms with van der Waals surface area (Å²) < 4.78 is 12.7. The molecule has 2 aromatic carbocycles. The fourth-order valence-electron chi connectivity index (χ4n) is 3.54. The summed E-state index contributed by atoms with van der Waals surface area (Å²) in [6.45, 7) is 4.03. The average Bonchev–Trinajstić information content (AvgIpc) is 2.93. The Labute approximate surface area is 174 Å². The minimum atomic E-state index is -0.0528. The quantitative estimate of drug-likeness (QED) is 0.697. The molecule has 29 heavy (non-hydrogen) atoms. The first-order valence-corrected chi connectivity index (χ1v) is 10.4. The molecule has 0 spiro atoms. The van der Waals surface area contributed by atoms with Crippen LogP contribution in [0.2, 0.25) is 0 Å². The van der Waals surface area contributed by atoms with Crippen LogP contribution in [0.3, 0.4) is 0 Å². The van der Waals surface area contributed by atoms with E-state index < -0.39 is 0 Å². The van der Waals surface area contributed by atoms with Crippen molar-refractivity contribution < 1.29 is 14.3 Å². The van der Waals surface area contributed by atoms with Crippen molar-refractivity contribution in [2.45, 2.75) is 19.1 Å². The molecule has 7 heteroatoms. The number of carbonyl (C=O) groups excluding carboxylic acids is 1. The number of aromatic nitrogens is 2. The molecule has 0 saturated heterocycles. The van der Waals surface area contributed by atoms with Crippen molar-refractivity contribution in [1.82, 2.24) is 9.78 Å². The van der Waals surface area contributed by atoms with Crippen molar-refractivity contribution in [1.29, 1.82) is 0 Å². The highest BCUT2D eigenvalue weighted by atomic mass is 32.2. The van der Waals surface area contributed by atoms with E-state index in [1.807, 2.05) is 61.0 Å². The summed E-state index contributed by atoms with van der Waals surface area (Å²) in [4.78, 5) is 12.5. The zero-order valence-corrected chi connectivity index (χ0v) is 17.7. The van der Waals surface area contributed by atoms with Crippen molar-refractivity contribution in [3.8, 4) is 17.2 Å². The molecule has 0 fully saturated rings. The Bertz CT molecular complexity index is 1060. The van der Waals surface area contributed by atoms with E-state index in [-0.39, 0.29) is 11.2 Å². The normalized spacial score (nSPS) is 16.0. The van der Waals surface area contributed by atoms with Gasteiger partial charge < -0.3 is 14.8 Å². The van der Waals surface area contributed by atoms with E-state index in [2.05, 4.69) is 5.32 Å². The van der Waals surface area contributed by atoms with Gasteiger partial charge in [-0.2, -0.15) is 5.10 Å². The third-order valence-electron chi connectivity index (χ3n) is 5.00. The minimum Gasteiger partial charge on any atom is -0.493 e. The van der Waals surface area contributed by atoms with E-state index in [4.69, 9.17) is 14.6 Å². The summed E-state index contributed by atoms with van der Waals surface area (Å²) in [6, 6.07) is 14.0. The van der Waals surface area contributed by atoms with Crippen LogP contribution in [0.15, 0.2) is 42.5 Å². The Kier molecular flexibility index (Phi) is 5.24. The molecule has 1 aliphatic heterocycles. The van der Waals surface area contributed by atoms with Gasteiger partial charge >= 0.3 is 0 Å². The summed E-state index contributed by atoms with van der Waals surface area (Å²) in [5.41, 5.74) is 5.02. The fourth-order valence-corrected chi connectivity index (χ4v) is 4.71. The molecule has 0 bridgehead atoms. The minimum absolute atomic E-state index is 0.0347. The van der Waals surface area contributed by atoms with Gasteiger partial charge in [-0.05, 0) is 43.7 Å². The summed E-state index contributed by atoms with van der Waals surface area (Å²) >= 11 is 1.58. The molecule has 0 radical (unpaired) electrons. The van der Waals surface area contributed by atoms with Crippen molar-refractivity contribution >= 4 is 23.5 Å². The van der Waals surface area contributed by atoms with Gasteiger partial charge in [-0.15, -0.1) is 11.8 Å². The SMILES string of the molecule is COc1ccc([C@@H]2SCC(=O)Nc3c2c(C)nn3-c2ccc(C)cc2)cc1OC. The fraction of sp³-hybridized carbons (Fsp3) is 0.273. The van der Waals surface area contributed by atoms with Crippen LogP contribution in [0.4, 0.5) is 5.82 Å². The molecule has 150 valence electrons. The Hall–Kier alpha value is -2.93. The second-order valence-electron chi connectivity index (χ2n) is 6.95. The smallest absolute Gasteiger partial charge is 0.235 e. The molecule has 1 atom stereocenters. The number of aryl methyl sites for hydroxylation is 2. The van der Waals surface area contributed by atoms with E-state index in [1.54, 1.807) is 26.0 Å². The molecule has 1 amide bonds. The van der Waals surface area contributed by atoms with Gasteiger partial charge in [0.15, 0.2) is 11.5 Å². The van der Waals surface area contributed by atoms with E-state index in [9.17, 15) is 4.79 Å². The molecule has 1 aromatic heterocycles. The van der Waals surface area contributed by atoms with E-state index >= 15 is 0 Å². The molecule has 0 aliphatic carbocycles. The number of hydrogen-bond acceptors (Lipinski definition) is 5. The maximum atomic E-state index is 12.5. The van der Waals surface area contributed by atoms with Crippen LogP contribution in [0.25, 0.3) is 5.69 Å². The average molecular weight is 410 g/mol. The number of methoxy groups -OCH3 is 2. The highest BCUT2D eigenvalue weighted by molar-refractivity contribution is 8.00. The molecule has 0 unspecified atom stereocenters. The van der Waals surface area contributed by atoms with Gasteiger partial charge in [0.2, 0.25) is 5.91 Å². The third-order valence-corrected chi connectivity index (χ3v) is 6.27. The zero-order valence-electron chi connectivity index (χ0n) is 16.9. The topological polar surface area (TPSA) is 65.4 Å².